The molecule has 3 aromatic rings. The topological polar surface area (TPSA) is 110 Å². The van der Waals surface area contributed by atoms with E-state index in [4.69, 9.17) is 0 Å². The van der Waals surface area contributed by atoms with Crippen molar-refractivity contribution in [3.63, 3.8) is 0 Å². The molecule has 3 rings (SSSR count). The Morgan fingerprint density at radius 3 is 2.52 bits per heavy atom. The molecule has 1 amide bonds. The zero-order valence-electron chi connectivity index (χ0n) is 17.9. The summed E-state index contributed by atoms with van der Waals surface area (Å²) in [5.41, 5.74) is 4.01. The third-order valence-electron chi connectivity index (χ3n) is 4.58. The van der Waals surface area contributed by atoms with E-state index in [1.165, 1.54) is 31.9 Å². The van der Waals surface area contributed by atoms with Gasteiger partial charge in [0.1, 0.15) is 0 Å². The number of aromatic nitrogens is 4. The number of nitrogens with zero attached hydrogens (tertiary/aromatic N) is 5. The number of amides is 1. The van der Waals surface area contributed by atoms with Gasteiger partial charge in [-0.3, -0.25) is 4.79 Å². The molecular weight excluding hydrogens is 436 g/mol. The lowest BCUT2D eigenvalue weighted by Crippen LogP contribution is -2.23. The van der Waals surface area contributed by atoms with Gasteiger partial charge in [-0.25, -0.2) is 12.7 Å². The van der Waals surface area contributed by atoms with Gasteiger partial charge in [-0.15, -0.1) is 5.10 Å². The molecule has 0 aliphatic carbocycles. The lowest BCUT2D eigenvalue weighted by Gasteiger charge is -2.15. The van der Waals surface area contributed by atoms with Crippen molar-refractivity contribution >= 4 is 33.4 Å². The molecule has 1 heterocycles. The van der Waals surface area contributed by atoms with Gasteiger partial charge in [0.15, 0.2) is 0 Å². The molecule has 1 aromatic heterocycles. The number of nitrogens with one attached hydrogen (secondary N) is 1. The molecule has 0 aliphatic rings. The summed E-state index contributed by atoms with van der Waals surface area (Å²) < 4.78 is 27.7. The van der Waals surface area contributed by atoms with Crippen molar-refractivity contribution in [3.8, 4) is 5.69 Å². The second kappa shape index (κ2) is 9.16. The third-order valence-corrected chi connectivity index (χ3v) is 7.46. The van der Waals surface area contributed by atoms with Crippen LogP contribution in [0.2, 0.25) is 0 Å². The number of rotatable bonds is 7. The van der Waals surface area contributed by atoms with Gasteiger partial charge < -0.3 is 5.32 Å². The molecule has 0 bridgehead atoms. The summed E-state index contributed by atoms with van der Waals surface area (Å²) >= 11 is 1.19. The number of carbonyl (C=O) groups is 1. The van der Waals surface area contributed by atoms with E-state index in [0.717, 1.165) is 21.1 Å². The summed E-state index contributed by atoms with van der Waals surface area (Å²) in [6.07, 6.45) is 0. The highest BCUT2D eigenvalue weighted by Gasteiger charge is 2.20. The maximum Gasteiger partial charge on any atom is 0.242 e. The zero-order valence-corrected chi connectivity index (χ0v) is 19.6. The predicted octanol–water partition coefficient (Wildman–Crippen LogP) is 2.57. The highest BCUT2D eigenvalue weighted by atomic mass is 32.2. The van der Waals surface area contributed by atoms with Gasteiger partial charge in [-0.05, 0) is 60.5 Å². The van der Waals surface area contributed by atoms with E-state index in [9.17, 15) is 13.2 Å². The fourth-order valence-corrected chi connectivity index (χ4v) is 4.77. The molecule has 0 saturated heterocycles. The van der Waals surface area contributed by atoms with Crippen molar-refractivity contribution < 1.29 is 13.2 Å². The standard InChI is InChI=1S/C20H24N6O3S2/c1-13-6-9-17(15(3)10-13)26-20(22-23-24-26)30-12-19(27)21-16-8-7-14(2)18(11-16)31(28,29)25(4)5/h6-11H,12H2,1-5H3,(H,21,27). The van der Waals surface area contributed by atoms with Crippen molar-refractivity contribution in [3.05, 3.63) is 53.1 Å². The van der Waals surface area contributed by atoms with E-state index in [1.54, 1.807) is 23.7 Å². The number of benzene rings is 2. The summed E-state index contributed by atoms with van der Waals surface area (Å²) in [6, 6.07) is 10.8. The van der Waals surface area contributed by atoms with Crippen LogP contribution in [0.1, 0.15) is 16.7 Å². The van der Waals surface area contributed by atoms with Gasteiger partial charge in [-0.2, -0.15) is 4.68 Å². The van der Waals surface area contributed by atoms with Gasteiger partial charge in [-0.1, -0.05) is 35.5 Å². The molecular formula is C20H24N6O3S2. The second-order valence-corrected chi connectivity index (χ2v) is 10.3. The monoisotopic (exact) mass is 460 g/mol. The molecule has 164 valence electrons. The minimum absolute atomic E-state index is 0.0644. The minimum atomic E-state index is -3.61. The van der Waals surface area contributed by atoms with Crippen LogP contribution in [0.3, 0.4) is 0 Å². The first-order chi connectivity index (χ1) is 14.6. The van der Waals surface area contributed by atoms with Crippen LogP contribution >= 0.6 is 11.8 Å². The number of aryl methyl sites for hydroxylation is 3. The Morgan fingerprint density at radius 2 is 1.84 bits per heavy atom. The van der Waals surface area contributed by atoms with Gasteiger partial charge in [0, 0.05) is 19.8 Å². The molecule has 0 fully saturated rings. The van der Waals surface area contributed by atoms with Crippen molar-refractivity contribution in [2.24, 2.45) is 0 Å². The van der Waals surface area contributed by atoms with Gasteiger partial charge in [0.05, 0.1) is 16.3 Å². The van der Waals surface area contributed by atoms with Crippen LogP contribution in [-0.4, -0.2) is 58.7 Å². The molecule has 0 saturated carbocycles. The molecule has 1 N–H and O–H groups in total. The first-order valence-corrected chi connectivity index (χ1v) is 11.8. The van der Waals surface area contributed by atoms with Gasteiger partial charge in [0.2, 0.25) is 21.1 Å². The molecule has 0 spiro atoms. The van der Waals surface area contributed by atoms with Crippen LogP contribution in [0.4, 0.5) is 5.69 Å². The van der Waals surface area contributed by atoms with Crippen molar-refractivity contribution in [1.29, 1.82) is 0 Å². The van der Waals surface area contributed by atoms with E-state index in [-0.39, 0.29) is 16.6 Å². The molecule has 11 heteroatoms. The number of sulfonamides is 1. The maximum absolute atomic E-state index is 12.5. The number of hydrogen-bond acceptors (Lipinski definition) is 7. The Morgan fingerprint density at radius 1 is 1.10 bits per heavy atom. The highest BCUT2D eigenvalue weighted by molar-refractivity contribution is 7.99. The molecule has 2 aromatic carbocycles. The van der Waals surface area contributed by atoms with Crippen LogP contribution in [0, 0.1) is 20.8 Å². The summed E-state index contributed by atoms with van der Waals surface area (Å²) in [5, 5.41) is 15.0. The normalized spacial score (nSPS) is 11.7. The largest absolute Gasteiger partial charge is 0.325 e. The zero-order chi connectivity index (χ0) is 22.8. The van der Waals surface area contributed by atoms with E-state index < -0.39 is 10.0 Å². The Bertz CT molecular complexity index is 1220. The second-order valence-electron chi connectivity index (χ2n) is 7.27. The molecule has 0 atom stereocenters. The van der Waals surface area contributed by atoms with E-state index >= 15 is 0 Å². The minimum Gasteiger partial charge on any atom is -0.325 e. The fraction of sp³-hybridized carbons (Fsp3) is 0.300. The lowest BCUT2D eigenvalue weighted by molar-refractivity contribution is -0.113. The molecule has 0 radical (unpaired) electrons. The number of thioether (sulfide) groups is 1. The number of carbonyl (C=O) groups excluding carboxylic acids is 1. The Kier molecular flexibility index (Phi) is 6.77. The van der Waals surface area contributed by atoms with Crippen LogP contribution in [0.5, 0.6) is 0 Å². The van der Waals surface area contributed by atoms with Crippen molar-refractivity contribution in [2.75, 3.05) is 25.2 Å². The quantitative estimate of drug-likeness (QED) is 0.540. The van der Waals surface area contributed by atoms with Crippen LogP contribution in [0.15, 0.2) is 46.5 Å². The fourth-order valence-electron chi connectivity index (χ4n) is 2.94. The van der Waals surface area contributed by atoms with Gasteiger partial charge >= 0.3 is 0 Å². The van der Waals surface area contributed by atoms with Crippen LogP contribution in [0.25, 0.3) is 5.69 Å². The van der Waals surface area contributed by atoms with Crippen LogP contribution < -0.4 is 5.32 Å². The predicted molar refractivity (Wildman–Crippen MR) is 120 cm³/mol. The van der Waals surface area contributed by atoms with E-state index in [1.807, 2.05) is 32.0 Å². The summed E-state index contributed by atoms with van der Waals surface area (Å²) in [5.74, 6) is -0.230. The molecule has 0 unspecified atom stereocenters. The average Bonchev–Trinajstić information content (AvgIpc) is 3.16. The Balaban J connectivity index is 1.72. The third kappa shape index (κ3) is 5.12. The first-order valence-electron chi connectivity index (χ1n) is 9.41. The van der Waals surface area contributed by atoms with Crippen molar-refractivity contribution in [2.45, 2.75) is 30.8 Å². The molecule has 9 nitrogen and oxygen atoms in total. The molecule has 0 aliphatic heterocycles. The van der Waals surface area contributed by atoms with Gasteiger partial charge in [0.25, 0.3) is 0 Å². The maximum atomic E-state index is 12.5. The Labute approximate surface area is 185 Å². The summed E-state index contributed by atoms with van der Waals surface area (Å²) in [7, 11) is -0.672. The average molecular weight is 461 g/mol. The number of anilines is 1. The summed E-state index contributed by atoms with van der Waals surface area (Å²) in [4.78, 5) is 12.6. The number of tetrazole rings is 1. The van der Waals surface area contributed by atoms with Crippen molar-refractivity contribution in [1.82, 2.24) is 24.5 Å². The number of hydrogen-bond donors (Lipinski definition) is 1. The van der Waals surface area contributed by atoms with E-state index in [2.05, 4.69) is 20.8 Å². The Hall–Kier alpha value is -2.76. The highest BCUT2D eigenvalue weighted by Crippen LogP contribution is 2.24. The van der Waals surface area contributed by atoms with E-state index in [0.29, 0.717) is 16.4 Å². The summed E-state index contributed by atoms with van der Waals surface area (Å²) in [6.45, 7) is 5.70. The smallest absolute Gasteiger partial charge is 0.242 e. The molecule has 31 heavy (non-hydrogen) atoms. The SMILES string of the molecule is Cc1ccc(-n2nnnc2SCC(=O)Nc2ccc(C)c(S(=O)(=O)N(C)C)c2)c(C)c1. The van der Waals surface area contributed by atoms with Crippen LogP contribution in [-0.2, 0) is 14.8 Å². The first kappa shape index (κ1) is 22.9. The lowest BCUT2D eigenvalue weighted by atomic mass is 10.1.